The Hall–Kier alpha value is -3.55. The SMILES string of the molecule is CN=C(NCc1ccc(-n2ccnc2)c(F)c1)N1CCN(c2ccccc2OC)CC1. The number of aromatic nitrogens is 2. The quantitative estimate of drug-likeness (QED) is 0.506. The molecule has 4 rings (SSSR count). The highest BCUT2D eigenvalue weighted by Gasteiger charge is 2.21. The van der Waals surface area contributed by atoms with Crippen LogP contribution >= 0.6 is 0 Å². The van der Waals surface area contributed by atoms with Crippen LogP contribution < -0.4 is 15.0 Å². The zero-order valence-corrected chi connectivity index (χ0v) is 17.8. The number of piperazine rings is 1. The second-order valence-corrected chi connectivity index (χ2v) is 7.30. The first-order valence-electron chi connectivity index (χ1n) is 10.3. The molecule has 0 bridgehead atoms. The topological polar surface area (TPSA) is 57.9 Å². The van der Waals surface area contributed by atoms with E-state index in [-0.39, 0.29) is 5.82 Å². The first-order chi connectivity index (χ1) is 15.2. The summed E-state index contributed by atoms with van der Waals surface area (Å²) in [7, 11) is 3.48. The molecule has 0 radical (unpaired) electrons. The van der Waals surface area contributed by atoms with Gasteiger partial charge in [0.15, 0.2) is 5.96 Å². The number of nitrogens with zero attached hydrogens (tertiary/aromatic N) is 5. The largest absolute Gasteiger partial charge is 0.495 e. The van der Waals surface area contributed by atoms with E-state index in [1.54, 1.807) is 49.6 Å². The van der Waals surface area contributed by atoms with Crippen LogP contribution in [-0.2, 0) is 6.54 Å². The van der Waals surface area contributed by atoms with Gasteiger partial charge in [-0.1, -0.05) is 18.2 Å². The molecule has 8 heteroatoms. The fraction of sp³-hybridized carbons (Fsp3) is 0.304. The van der Waals surface area contributed by atoms with Crippen molar-refractivity contribution in [3.63, 3.8) is 0 Å². The van der Waals surface area contributed by atoms with Crippen molar-refractivity contribution in [2.45, 2.75) is 6.54 Å². The highest BCUT2D eigenvalue weighted by atomic mass is 19.1. The van der Waals surface area contributed by atoms with Gasteiger partial charge in [-0.25, -0.2) is 9.37 Å². The molecule has 0 unspecified atom stereocenters. The van der Waals surface area contributed by atoms with Gasteiger partial charge in [0.25, 0.3) is 0 Å². The van der Waals surface area contributed by atoms with Crippen LogP contribution in [0.4, 0.5) is 10.1 Å². The predicted molar refractivity (Wildman–Crippen MR) is 121 cm³/mol. The van der Waals surface area contributed by atoms with Gasteiger partial charge in [-0.2, -0.15) is 0 Å². The van der Waals surface area contributed by atoms with Gasteiger partial charge in [0, 0.05) is 52.2 Å². The van der Waals surface area contributed by atoms with E-state index < -0.39 is 0 Å². The maximum Gasteiger partial charge on any atom is 0.194 e. The Labute approximate surface area is 181 Å². The Morgan fingerprint density at radius 3 is 2.61 bits per heavy atom. The molecule has 162 valence electrons. The number of ether oxygens (including phenoxy) is 1. The Morgan fingerprint density at radius 2 is 1.94 bits per heavy atom. The first-order valence-corrected chi connectivity index (χ1v) is 10.3. The number of benzene rings is 2. The summed E-state index contributed by atoms with van der Waals surface area (Å²) in [6.45, 7) is 3.92. The summed E-state index contributed by atoms with van der Waals surface area (Å²) < 4.78 is 21.7. The van der Waals surface area contributed by atoms with E-state index in [0.29, 0.717) is 12.2 Å². The zero-order valence-electron chi connectivity index (χ0n) is 17.8. The lowest BCUT2D eigenvalue weighted by Gasteiger charge is -2.38. The normalized spacial score (nSPS) is 14.6. The van der Waals surface area contributed by atoms with Crippen LogP contribution in [-0.4, -0.2) is 60.7 Å². The fourth-order valence-corrected chi connectivity index (χ4v) is 3.83. The van der Waals surface area contributed by atoms with Crippen molar-refractivity contribution in [3.8, 4) is 11.4 Å². The van der Waals surface area contributed by atoms with E-state index in [0.717, 1.165) is 49.1 Å². The molecule has 7 nitrogen and oxygen atoms in total. The van der Waals surface area contributed by atoms with Crippen molar-refractivity contribution in [1.29, 1.82) is 0 Å². The number of aliphatic imine (C=N–C) groups is 1. The summed E-state index contributed by atoms with van der Waals surface area (Å²) in [6.07, 6.45) is 4.94. The Bertz CT molecular complexity index is 1030. The van der Waals surface area contributed by atoms with Gasteiger partial charge >= 0.3 is 0 Å². The van der Waals surface area contributed by atoms with Crippen LogP contribution in [0.15, 0.2) is 66.2 Å². The molecule has 1 aromatic heterocycles. The second-order valence-electron chi connectivity index (χ2n) is 7.30. The molecule has 1 aliphatic rings. The highest BCUT2D eigenvalue weighted by molar-refractivity contribution is 5.80. The molecule has 1 saturated heterocycles. The summed E-state index contributed by atoms with van der Waals surface area (Å²) in [6, 6.07) is 13.3. The van der Waals surface area contributed by atoms with Crippen molar-refractivity contribution >= 4 is 11.6 Å². The zero-order chi connectivity index (χ0) is 21.6. The lowest BCUT2D eigenvalue weighted by atomic mass is 10.2. The number of imidazole rings is 1. The van der Waals surface area contributed by atoms with Gasteiger partial charge in [0.2, 0.25) is 0 Å². The molecule has 0 saturated carbocycles. The smallest absolute Gasteiger partial charge is 0.194 e. The van der Waals surface area contributed by atoms with Gasteiger partial charge in [-0.05, 0) is 29.8 Å². The summed E-state index contributed by atoms with van der Waals surface area (Å²) in [5.74, 6) is 1.43. The molecule has 0 amide bonds. The molecule has 0 spiro atoms. The molecular formula is C23H27FN6O. The molecule has 2 heterocycles. The number of methoxy groups -OCH3 is 1. The maximum absolute atomic E-state index is 14.5. The van der Waals surface area contributed by atoms with E-state index in [4.69, 9.17) is 4.74 Å². The van der Waals surface area contributed by atoms with Crippen molar-refractivity contribution < 1.29 is 9.13 Å². The van der Waals surface area contributed by atoms with Gasteiger partial charge in [-0.3, -0.25) is 4.99 Å². The average molecular weight is 423 g/mol. The molecular weight excluding hydrogens is 395 g/mol. The van der Waals surface area contributed by atoms with E-state index in [2.05, 4.69) is 31.2 Å². The number of guanidine groups is 1. The number of nitrogens with one attached hydrogen (secondary N) is 1. The van der Waals surface area contributed by atoms with Crippen LogP contribution in [0.2, 0.25) is 0 Å². The second kappa shape index (κ2) is 9.51. The molecule has 0 aliphatic carbocycles. The lowest BCUT2D eigenvalue weighted by Crippen LogP contribution is -2.52. The highest BCUT2D eigenvalue weighted by Crippen LogP contribution is 2.28. The first kappa shape index (κ1) is 20.7. The van der Waals surface area contributed by atoms with E-state index in [9.17, 15) is 4.39 Å². The van der Waals surface area contributed by atoms with Crippen molar-refractivity contribution in [2.24, 2.45) is 4.99 Å². The summed E-state index contributed by atoms with van der Waals surface area (Å²) in [5.41, 5.74) is 2.45. The molecule has 31 heavy (non-hydrogen) atoms. The van der Waals surface area contributed by atoms with Crippen molar-refractivity contribution in [2.75, 3.05) is 45.2 Å². The number of anilines is 1. The summed E-state index contributed by atoms with van der Waals surface area (Å²) >= 11 is 0. The van der Waals surface area contributed by atoms with Gasteiger partial charge in [0.1, 0.15) is 11.6 Å². The number of halogens is 1. The molecule has 0 atom stereocenters. The van der Waals surface area contributed by atoms with E-state index >= 15 is 0 Å². The third-order valence-corrected chi connectivity index (χ3v) is 5.46. The van der Waals surface area contributed by atoms with Gasteiger partial charge in [0.05, 0.1) is 24.8 Å². The number of hydrogen-bond acceptors (Lipinski definition) is 4. The summed E-state index contributed by atoms with van der Waals surface area (Å²) in [5, 5.41) is 3.36. The Kier molecular flexibility index (Phi) is 6.35. The minimum atomic E-state index is -0.280. The minimum absolute atomic E-state index is 0.280. The molecule has 1 N–H and O–H groups in total. The monoisotopic (exact) mass is 422 g/mol. The van der Waals surface area contributed by atoms with Crippen LogP contribution in [0.5, 0.6) is 5.75 Å². The number of rotatable bonds is 5. The van der Waals surface area contributed by atoms with E-state index in [1.807, 2.05) is 24.3 Å². The average Bonchev–Trinajstić information content (AvgIpc) is 3.34. The predicted octanol–water partition coefficient (Wildman–Crippen LogP) is 2.92. The minimum Gasteiger partial charge on any atom is -0.495 e. The van der Waals surface area contributed by atoms with E-state index in [1.165, 1.54) is 0 Å². The van der Waals surface area contributed by atoms with Crippen LogP contribution in [0.3, 0.4) is 0 Å². The van der Waals surface area contributed by atoms with Gasteiger partial charge in [-0.15, -0.1) is 0 Å². The van der Waals surface area contributed by atoms with Gasteiger partial charge < -0.3 is 24.4 Å². The summed E-state index contributed by atoms with van der Waals surface area (Å²) in [4.78, 5) is 12.9. The van der Waals surface area contributed by atoms with Crippen LogP contribution in [0, 0.1) is 5.82 Å². The fourth-order valence-electron chi connectivity index (χ4n) is 3.83. The van der Waals surface area contributed by atoms with Crippen molar-refractivity contribution in [3.05, 3.63) is 72.6 Å². The molecule has 3 aromatic rings. The maximum atomic E-state index is 14.5. The number of hydrogen-bond donors (Lipinski definition) is 1. The standard InChI is InChI=1S/C23H27FN6O/c1-25-23(27-16-18-7-8-20(19(24)15-18)30-10-9-26-17-30)29-13-11-28(12-14-29)21-5-3-4-6-22(21)31-2/h3-10,15,17H,11-14,16H2,1-2H3,(H,25,27). The van der Waals surface area contributed by atoms with Crippen LogP contribution in [0.25, 0.3) is 5.69 Å². The number of para-hydroxylation sites is 2. The molecule has 2 aromatic carbocycles. The Balaban J connectivity index is 1.35. The van der Waals surface area contributed by atoms with Crippen LogP contribution in [0.1, 0.15) is 5.56 Å². The third kappa shape index (κ3) is 4.63. The Morgan fingerprint density at radius 1 is 1.13 bits per heavy atom. The molecule has 1 fully saturated rings. The third-order valence-electron chi connectivity index (χ3n) is 5.46. The molecule has 1 aliphatic heterocycles. The van der Waals surface area contributed by atoms with Crippen molar-refractivity contribution in [1.82, 2.24) is 19.8 Å². The lowest BCUT2D eigenvalue weighted by molar-refractivity contribution is 0.367.